The van der Waals surface area contributed by atoms with E-state index in [0.717, 1.165) is 0 Å². The number of ether oxygens (including phenoxy) is 1. The van der Waals surface area contributed by atoms with Gasteiger partial charge >= 0.3 is 0 Å². The molecule has 122 valence electrons. The Balaban J connectivity index is 2.11. The number of ketones is 1. The van der Waals surface area contributed by atoms with E-state index in [1.165, 1.54) is 4.90 Å². The van der Waals surface area contributed by atoms with Crippen molar-refractivity contribution in [3.63, 3.8) is 0 Å². The van der Waals surface area contributed by atoms with E-state index in [0.29, 0.717) is 28.1 Å². The maximum absolute atomic E-state index is 12.9. The first-order valence-electron chi connectivity index (χ1n) is 7.53. The van der Waals surface area contributed by atoms with E-state index in [4.69, 9.17) is 4.74 Å². The highest BCUT2D eigenvalue weighted by molar-refractivity contribution is 6.12. The molecule has 0 spiro atoms. The summed E-state index contributed by atoms with van der Waals surface area (Å²) in [6, 6.07) is 14.1. The Labute approximate surface area is 140 Å². The maximum atomic E-state index is 12.9. The van der Waals surface area contributed by atoms with Crippen molar-refractivity contribution in [2.24, 2.45) is 0 Å². The van der Waals surface area contributed by atoms with Crippen LogP contribution in [0.4, 0.5) is 0 Å². The van der Waals surface area contributed by atoms with Gasteiger partial charge < -0.3 is 14.0 Å². The molecule has 0 saturated carbocycles. The summed E-state index contributed by atoms with van der Waals surface area (Å²) >= 11 is 0. The van der Waals surface area contributed by atoms with E-state index < -0.39 is 0 Å². The van der Waals surface area contributed by atoms with Gasteiger partial charge in [0.05, 0.1) is 23.9 Å². The first kappa shape index (κ1) is 15.8. The van der Waals surface area contributed by atoms with Crippen molar-refractivity contribution in [3.05, 3.63) is 71.5 Å². The van der Waals surface area contributed by atoms with Crippen LogP contribution in [0.2, 0.25) is 0 Å². The summed E-state index contributed by atoms with van der Waals surface area (Å²) in [6.45, 7) is 0. The number of hydrogen-bond acceptors (Lipinski definition) is 3. The molecule has 24 heavy (non-hydrogen) atoms. The molecule has 2 aromatic heterocycles. The number of carbonyl (C=O) groups excluding carboxylic acids is 2. The quantitative estimate of drug-likeness (QED) is 0.694. The summed E-state index contributed by atoms with van der Waals surface area (Å²) in [7, 11) is 4.97. The van der Waals surface area contributed by atoms with Gasteiger partial charge in [-0.15, -0.1) is 0 Å². The summed E-state index contributed by atoms with van der Waals surface area (Å²) in [5, 5.41) is 0. The molecule has 0 bridgehead atoms. The molecule has 0 saturated heterocycles. The molecular formula is C19H18N2O3. The SMILES string of the molecule is COc1ccc(C(=O)c2cc(C(=O)N(C)C)c3ccccn23)cc1. The number of nitrogens with zero attached hydrogens (tertiary/aromatic N) is 2. The van der Waals surface area contributed by atoms with Gasteiger partial charge in [0.1, 0.15) is 5.75 Å². The normalized spacial score (nSPS) is 10.6. The van der Waals surface area contributed by atoms with Crippen molar-refractivity contribution in [3.8, 4) is 5.75 Å². The molecule has 0 fully saturated rings. The zero-order valence-electron chi connectivity index (χ0n) is 13.8. The lowest BCUT2D eigenvalue weighted by Gasteiger charge is -2.08. The molecule has 1 amide bonds. The van der Waals surface area contributed by atoms with Crippen LogP contribution in [0.3, 0.4) is 0 Å². The topological polar surface area (TPSA) is 51.0 Å². The summed E-state index contributed by atoms with van der Waals surface area (Å²) in [5.41, 5.74) is 2.23. The third kappa shape index (κ3) is 2.65. The van der Waals surface area contributed by atoms with Gasteiger partial charge in [-0.1, -0.05) is 6.07 Å². The molecule has 3 rings (SSSR count). The van der Waals surface area contributed by atoms with Crippen molar-refractivity contribution >= 4 is 17.2 Å². The van der Waals surface area contributed by atoms with Gasteiger partial charge in [-0.05, 0) is 42.5 Å². The average molecular weight is 322 g/mol. The summed E-state index contributed by atoms with van der Waals surface area (Å²) in [6.07, 6.45) is 1.79. The summed E-state index contributed by atoms with van der Waals surface area (Å²) in [5.74, 6) is 0.416. The van der Waals surface area contributed by atoms with E-state index in [1.807, 2.05) is 18.2 Å². The second kappa shape index (κ2) is 6.20. The lowest BCUT2D eigenvalue weighted by Crippen LogP contribution is -2.21. The van der Waals surface area contributed by atoms with Crippen molar-refractivity contribution < 1.29 is 14.3 Å². The van der Waals surface area contributed by atoms with Gasteiger partial charge in [-0.2, -0.15) is 0 Å². The molecule has 0 atom stereocenters. The van der Waals surface area contributed by atoms with Crippen LogP contribution >= 0.6 is 0 Å². The fourth-order valence-corrected chi connectivity index (χ4v) is 2.63. The standard InChI is InChI=1S/C19H18N2O3/c1-20(2)19(23)15-12-17(21-11-5-4-6-16(15)21)18(22)13-7-9-14(24-3)10-8-13/h4-12H,1-3H3. The Kier molecular flexibility index (Phi) is 4.08. The molecular weight excluding hydrogens is 304 g/mol. The Morgan fingerprint density at radius 2 is 1.75 bits per heavy atom. The van der Waals surface area contributed by atoms with Crippen LogP contribution in [0.5, 0.6) is 5.75 Å². The van der Waals surface area contributed by atoms with Crippen molar-refractivity contribution in [2.75, 3.05) is 21.2 Å². The van der Waals surface area contributed by atoms with Gasteiger partial charge in [0.25, 0.3) is 5.91 Å². The van der Waals surface area contributed by atoms with E-state index in [2.05, 4.69) is 0 Å². The number of pyridine rings is 1. The predicted molar refractivity (Wildman–Crippen MR) is 91.8 cm³/mol. The summed E-state index contributed by atoms with van der Waals surface area (Å²) < 4.78 is 6.87. The van der Waals surface area contributed by atoms with Crippen LogP contribution in [0.1, 0.15) is 26.4 Å². The van der Waals surface area contributed by atoms with Crippen LogP contribution in [0, 0.1) is 0 Å². The molecule has 0 aliphatic carbocycles. The van der Waals surface area contributed by atoms with Gasteiger partial charge in [0.15, 0.2) is 0 Å². The maximum Gasteiger partial charge on any atom is 0.255 e. The van der Waals surface area contributed by atoms with E-state index in [-0.39, 0.29) is 11.7 Å². The second-order valence-electron chi connectivity index (χ2n) is 5.66. The molecule has 5 heteroatoms. The van der Waals surface area contributed by atoms with Crippen molar-refractivity contribution in [1.82, 2.24) is 9.30 Å². The Bertz CT molecular complexity index is 908. The lowest BCUT2D eigenvalue weighted by molar-refractivity contribution is 0.0829. The number of aromatic nitrogens is 1. The number of amides is 1. The van der Waals surface area contributed by atoms with Gasteiger partial charge in [-0.25, -0.2) is 0 Å². The smallest absolute Gasteiger partial charge is 0.255 e. The number of methoxy groups -OCH3 is 1. The Morgan fingerprint density at radius 3 is 2.38 bits per heavy atom. The van der Waals surface area contributed by atoms with Crippen molar-refractivity contribution in [2.45, 2.75) is 0 Å². The average Bonchev–Trinajstić information content (AvgIpc) is 3.00. The number of carbonyl (C=O) groups is 2. The molecule has 0 radical (unpaired) electrons. The van der Waals surface area contributed by atoms with Gasteiger partial charge in [0, 0.05) is 25.9 Å². The number of benzene rings is 1. The third-order valence-electron chi connectivity index (χ3n) is 3.90. The van der Waals surface area contributed by atoms with Crippen LogP contribution < -0.4 is 4.74 Å². The number of hydrogen-bond donors (Lipinski definition) is 0. The minimum Gasteiger partial charge on any atom is -0.497 e. The second-order valence-corrected chi connectivity index (χ2v) is 5.66. The highest BCUT2D eigenvalue weighted by atomic mass is 16.5. The highest BCUT2D eigenvalue weighted by Gasteiger charge is 2.21. The van der Waals surface area contributed by atoms with Crippen LogP contribution in [-0.4, -0.2) is 42.2 Å². The Morgan fingerprint density at radius 1 is 1.04 bits per heavy atom. The van der Waals surface area contributed by atoms with Crippen LogP contribution in [0.15, 0.2) is 54.7 Å². The Hall–Kier alpha value is -3.08. The predicted octanol–water partition coefficient (Wildman–Crippen LogP) is 2.88. The highest BCUT2D eigenvalue weighted by Crippen LogP contribution is 2.22. The largest absolute Gasteiger partial charge is 0.497 e. The molecule has 0 aliphatic heterocycles. The van der Waals surface area contributed by atoms with Crippen LogP contribution in [-0.2, 0) is 0 Å². The fraction of sp³-hybridized carbons (Fsp3) is 0.158. The minimum absolute atomic E-state index is 0.132. The molecule has 2 heterocycles. The summed E-state index contributed by atoms with van der Waals surface area (Å²) in [4.78, 5) is 26.8. The number of fused-ring (bicyclic) bond motifs is 1. The number of rotatable bonds is 4. The van der Waals surface area contributed by atoms with Gasteiger partial charge in [0.2, 0.25) is 5.78 Å². The monoisotopic (exact) mass is 322 g/mol. The van der Waals surface area contributed by atoms with E-state index >= 15 is 0 Å². The lowest BCUT2D eigenvalue weighted by atomic mass is 10.1. The van der Waals surface area contributed by atoms with Crippen molar-refractivity contribution in [1.29, 1.82) is 0 Å². The van der Waals surface area contributed by atoms with E-state index in [9.17, 15) is 9.59 Å². The molecule has 5 nitrogen and oxygen atoms in total. The van der Waals surface area contributed by atoms with Crippen LogP contribution in [0.25, 0.3) is 5.52 Å². The molecule has 0 aliphatic rings. The fourth-order valence-electron chi connectivity index (χ4n) is 2.63. The molecule has 0 N–H and O–H groups in total. The molecule has 0 unspecified atom stereocenters. The molecule has 3 aromatic rings. The van der Waals surface area contributed by atoms with E-state index in [1.54, 1.807) is 62.1 Å². The third-order valence-corrected chi connectivity index (χ3v) is 3.90. The first-order valence-corrected chi connectivity index (χ1v) is 7.53. The minimum atomic E-state index is -0.142. The van der Waals surface area contributed by atoms with Gasteiger partial charge in [-0.3, -0.25) is 9.59 Å². The zero-order chi connectivity index (χ0) is 17.3. The zero-order valence-corrected chi connectivity index (χ0v) is 13.8. The molecule has 1 aromatic carbocycles. The first-order chi connectivity index (χ1) is 11.5.